The van der Waals surface area contributed by atoms with Crippen molar-refractivity contribution in [1.29, 1.82) is 0 Å². The number of aromatic nitrogens is 2. The second kappa shape index (κ2) is 10.5. The molecule has 2 aliphatic rings. The summed E-state index contributed by atoms with van der Waals surface area (Å²) in [6, 6.07) is 9.84. The highest BCUT2D eigenvalue weighted by Crippen LogP contribution is 2.32. The summed E-state index contributed by atoms with van der Waals surface area (Å²) < 4.78 is 20.1. The Morgan fingerprint density at radius 1 is 1.26 bits per heavy atom. The number of rotatable bonds is 7. The fraction of sp³-hybridized carbons (Fsp3) is 0.423. The molecule has 1 fully saturated rings. The van der Waals surface area contributed by atoms with Crippen LogP contribution in [0.4, 0.5) is 10.2 Å². The summed E-state index contributed by atoms with van der Waals surface area (Å²) >= 11 is 1.52. The Balaban J connectivity index is 1.16. The first-order valence-corrected chi connectivity index (χ1v) is 13.0. The van der Waals surface area contributed by atoms with Gasteiger partial charge in [-0.1, -0.05) is 0 Å². The number of benzene rings is 1. The Morgan fingerprint density at radius 3 is 2.89 bits per heavy atom. The normalized spacial score (nSPS) is 20.8. The van der Waals surface area contributed by atoms with E-state index in [0.717, 1.165) is 47.2 Å². The Bertz CT molecular complexity index is 1230. The molecular weight excluding hydrogens is 465 g/mol. The Hall–Kier alpha value is -2.75. The van der Waals surface area contributed by atoms with Crippen LogP contribution in [-0.2, 0) is 17.8 Å². The number of nitrogens with zero attached hydrogens (tertiary/aromatic N) is 2. The summed E-state index contributed by atoms with van der Waals surface area (Å²) in [6.45, 7) is 0.658. The number of amides is 1. The highest BCUT2D eigenvalue weighted by atomic mass is 32.2. The Morgan fingerprint density at radius 2 is 2.09 bits per heavy atom. The third-order valence-corrected chi connectivity index (χ3v) is 8.10. The van der Waals surface area contributed by atoms with Gasteiger partial charge >= 0.3 is 0 Å². The zero-order valence-corrected chi connectivity index (χ0v) is 20.5. The molecule has 1 aromatic carbocycles. The van der Waals surface area contributed by atoms with Gasteiger partial charge in [-0.3, -0.25) is 9.78 Å². The van der Waals surface area contributed by atoms with Crippen LogP contribution in [0.2, 0.25) is 0 Å². The number of carbonyl (C=O) groups excluding carboxylic acids is 1. The maximum absolute atomic E-state index is 14.7. The molecular formula is C26H30FN5O2S. The number of hydrogen-bond donors (Lipinski definition) is 3. The minimum absolute atomic E-state index is 0.00597. The summed E-state index contributed by atoms with van der Waals surface area (Å²) in [6.07, 6.45) is 5.79. The average molecular weight is 496 g/mol. The lowest BCUT2D eigenvalue weighted by atomic mass is 9.79. The Labute approximate surface area is 208 Å². The van der Waals surface area contributed by atoms with E-state index in [0.29, 0.717) is 47.8 Å². The molecule has 35 heavy (non-hydrogen) atoms. The second-order valence-corrected chi connectivity index (χ2v) is 10.3. The van der Waals surface area contributed by atoms with Crippen LogP contribution in [0, 0.1) is 11.7 Å². The number of methoxy groups -OCH3 is 1. The predicted molar refractivity (Wildman–Crippen MR) is 136 cm³/mol. The SMILES string of the molecule is COc1ccc2ncc(F)c(CC(N)[C@H]3CC[C@@H](NCc4ccc5c(n4)NC(=O)CS5)CC3)c2c1. The van der Waals surface area contributed by atoms with Crippen molar-refractivity contribution < 1.29 is 13.9 Å². The average Bonchev–Trinajstić information content (AvgIpc) is 2.88. The number of halogens is 1. The van der Waals surface area contributed by atoms with E-state index in [1.165, 1.54) is 18.0 Å². The van der Waals surface area contributed by atoms with Crippen molar-refractivity contribution in [3.8, 4) is 5.75 Å². The highest BCUT2D eigenvalue weighted by Gasteiger charge is 2.27. The topological polar surface area (TPSA) is 102 Å². The van der Waals surface area contributed by atoms with Crippen molar-refractivity contribution in [2.75, 3.05) is 18.2 Å². The first-order chi connectivity index (χ1) is 17.0. The predicted octanol–water partition coefficient (Wildman–Crippen LogP) is 4.04. The van der Waals surface area contributed by atoms with Crippen molar-refractivity contribution in [1.82, 2.24) is 15.3 Å². The van der Waals surface area contributed by atoms with Gasteiger partial charge in [0, 0.05) is 29.6 Å². The van der Waals surface area contributed by atoms with E-state index in [1.54, 1.807) is 7.11 Å². The van der Waals surface area contributed by atoms with E-state index < -0.39 is 0 Å². The van der Waals surface area contributed by atoms with Gasteiger partial charge in [-0.25, -0.2) is 9.37 Å². The standard InChI is InChI=1S/C26H30FN5O2S/c1-34-18-7-8-23-20(10-18)19(21(27)13-30-23)11-22(28)15-2-4-16(5-3-15)29-12-17-6-9-24-26(31-17)32-25(33)14-35-24/h6-10,13,15-16,22,29H,2-5,11-12,14,28H2,1H3,(H,31,32,33)/t15-,16+,22?. The summed E-state index contributed by atoms with van der Waals surface area (Å²) in [5.74, 6) is 1.80. The lowest BCUT2D eigenvalue weighted by Gasteiger charge is -2.33. The van der Waals surface area contributed by atoms with Gasteiger partial charge in [-0.05, 0) is 68.4 Å². The lowest BCUT2D eigenvalue weighted by molar-refractivity contribution is -0.113. The molecule has 0 saturated heterocycles. The number of fused-ring (bicyclic) bond motifs is 2. The van der Waals surface area contributed by atoms with Crippen LogP contribution in [0.3, 0.4) is 0 Å². The van der Waals surface area contributed by atoms with Gasteiger partial charge in [0.25, 0.3) is 0 Å². The van der Waals surface area contributed by atoms with E-state index in [2.05, 4.69) is 20.6 Å². The van der Waals surface area contributed by atoms with Crippen LogP contribution in [0.15, 0.2) is 41.4 Å². The lowest BCUT2D eigenvalue weighted by Crippen LogP contribution is -2.39. The molecule has 0 bridgehead atoms. The van der Waals surface area contributed by atoms with E-state index in [4.69, 9.17) is 10.5 Å². The van der Waals surface area contributed by atoms with E-state index in [9.17, 15) is 9.18 Å². The van der Waals surface area contributed by atoms with Crippen molar-refractivity contribution in [3.63, 3.8) is 0 Å². The molecule has 7 nitrogen and oxygen atoms in total. The molecule has 1 aliphatic heterocycles. The van der Waals surface area contributed by atoms with Crippen molar-refractivity contribution in [2.45, 2.75) is 55.6 Å². The maximum Gasteiger partial charge on any atom is 0.235 e. The van der Waals surface area contributed by atoms with Gasteiger partial charge in [0.15, 0.2) is 0 Å². The first kappa shape index (κ1) is 24.0. The van der Waals surface area contributed by atoms with E-state index in [-0.39, 0.29) is 17.8 Å². The van der Waals surface area contributed by atoms with E-state index in [1.807, 2.05) is 30.3 Å². The number of pyridine rings is 2. The molecule has 4 N–H and O–H groups in total. The number of carbonyl (C=O) groups is 1. The van der Waals surface area contributed by atoms with Gasteiger partial charge in [0.1, 0.15) is 17.4 Å². The molecule has 5 rings (SSSR count). The van der Waals surface area contributed by atoms with Gasteiger partial charge in [0.2, 0.25) is 5.91 Å². The smallest absolute Gasteiger partial charge is 0.235 e. The number of anilines is 1. The quantitative estimate of drug-likeness (QED) is 0.455. The molecule has 1 saturated carbocycles. The monoisotopic (exact) mass is 495 g/mol. The number of nitrogens with one attached hydrogen (secondary N) is 2. The molecule has 1 unspecified atom stereocenters. The fourth-order valence-corrected chi connectivity index (χ4v) is 5.80. The molecule has 1 aliphatic carbocycles. The van der Waals surface area contributed by atoms with Crippen LogP contribution in [0.5, 0.6) is 5.75 Å². The summed E-state index contributed by atoms with van der Waals surface area (Å²) in [7, 11) is 1.60. The maximum atomic E-state index is 14.7. The van der Waals surface area contributed by atoms with E-state index >= 15 is 0 Å². The van der Waals surface area contributed by atoms with Gasteiger partial charge in [0.05, 0.1) is 35.2 Å². The van der Waals surface area contributed by atoms with Crippen LogP contribution in [0.25, 0.3) is 10.9 Å². The zero-order valence-electron chi connectivity index (χ0n) is 19.7. The summed E-state index contributed by atoms with van der Waals surface area (Å²) in [5.41, 5.74) is 8.89. The molecule has 9 heteroatoms. The van der Waals surface area contributed by atoms with Crippen LogP contribution < -0.4 is 21.1 Å². The number of hydrogen-bond acceptors (Lipinski definition) is 7. The molecule has 1 amide bonds. The molecule has 3 aromatic rings. The minimum Gasteiger partial charge on any atom is -0.497 e. The fourth-order valence-electron chi connectivity index (χ4n) is 5.04. The third kappa shape index (κ3) is 5.42. The minimum atomic E-state index is -0.316. The molecule has 184 valence electrons. The molecule has 0 spiro atoms. The van der Waals surface area contributed by atoms with Crippen molar-refractivity contribution >= 4 is 34.4 Å². The van der Waals surface area contributed by atoms with Crippen molar-refractivity contribution in [2.24, 2.45) is 11.7 Å². The molecule has 1 atom stereocenters. The number of ether oxygens (including phenoxy) is 1. The number of thioether (sulfide) groups is 1. The summed E-state index contributed by atoms with van der Waals surface area (Å²) in [5, 5.41) is 7.22. The zero-order chi connectivity index (χ0) is 24.4. The number of nitrogens with two attached hydrogens (primary N) is 1. The first-order valence-electron chi connectivity index (χ1n) is 12.0. The molecule has 2 aromatic heterocycles. The Kier molecular flexibility index (Phi) is 7.17. The largest absolute Gasteiger partial charge is 0.497 e. The van der Waals surface area contributed by atoms with Crippen LogP contribution in [-0.4, -0.2) is 40.8 Å². The molecule has 0 radical (unpaired) electrons. The third-order valence-electron chi connectivity index (χ3n) is 7.06. The summed E-state index contributed by atoms with van der Waals surface area (Å²) in [4.78, 5) is 21.5. The van der Waals surface area contributed by atoms with Gasteiger partial charge in [-0.2, -0.15) is 0 Å². The van der Waals surface area contributed by atoms with Gasteiger partial charge < -0.3 is 21.1 Å². The van der Waals surface area contributed by atoms with Gasteiger partial charge in [-0.15, -0.1) is 11.8 Å². The second-order valence-electron chi connectivity index (χ2n) is 9.31. The van der Waals surface area contributed by atoms with Crippen LogP contribution in [0.1, 0.15) is 36.9 Å². The van der Waals surface area contributed by atoms with Crippen LogP contribution >= 0.6 is 11.8 Å². The van der Waals surface area contributed by atoms with Crippen molar-refractivity contribution in [3.05, 3.63) is 53.6 Å². The molecule has 3 heterocycles. The highest BCUT2D eigenvalue weighted by molar-refractivity contribution is 8.00.